The van der Waals surface area contributed by atoms with Gasteiger partial charge in [-0.25, -0.2) is 0 Å². The molecule has 0 saturated heterocycles. The van der Waals surface area contributed by atoms with E-state index < -0.39 is 0 Å². The van der Waals surface area contributed by atoms with Gasteiger partial charge in [-0.15, -0.1) is 0 Å². The molecule has 1 heteroatoms. The van der Waals surface area contributed by atoms with Crippen LogP contribution in [0.5, 0.6) is 0 Å². The smallest absolute Gasteiger partial charge is 0.00693 e. The first-order valence-corrected chi connectivity index (χ1v) is 5.55. The Labute approximate surface area is 75.9 Å². The van der Waals surface area contributed by atoms with E-state index in [1.807, 2.05) is 0 Å². The van der Waals surface area contributed by atoms with Gasteiger partial charge in [0.15, 0.2) is 0 Å². The van der Waals surface area contributed by atoms with Crippen molar-refractivity contribution in [2.45, 2.75) is 51.0 Å². The maximum Gasteiger partial charge on any atom is 0.00693 e. The average molecular weight is 167 g/mol. The molecule has 2 saturated carbocycles. The summed E-state index contributed by atoms with van der Waals surface area (Å²) in [6.07, 6.45) is 10.4. The minimum absolute atomic E-state index is 0.836. The summed E-state index contributed by atoms with van der Waals surface area (Å²) in [5.41, 5.74) is 0. The first-order chi connectivity index (χ1) is 5.88. The van der Waals surface area contributed by atoms with Gasteiger partial charge in [-0.3, -0.25) is 0 Å². The molecule has 0 heterocycles. The Kier molecular flexibility index (Phi) is 2.69. The molecule has 0 aliphatic heterocycles. The predicted octanol–water partition coefficient (Wildman–Crippen LogP) is 2.56. The van der Waals surface area contributed by atoms with Crippen LogP contribution in [0.3, 0.4) is 0 Å². The van der Waals surface area contributed by atoms with Crippen LogP contribution in [-0.2, 0) is 0 Å². The molecule has 12 heavy (non-hydrogen) atoms. The molecule has 0 spiro atoms. The Morgan fingerprint density at radius 1 is 1.08 bits per heavy atom. The van der Waals surface area contributed by atoms with Gasteiger partial charge >= 0.3 is 0 Å². The highest BCUT2D eigenvalue weighted by molar-refractivity contribution is 4.82. The average Bonchev–Trinajstić information content (AvgIpc) is 2.77. The highest BCUT2D eigenvalue weighted by Gasteiger charge is 2.27. The van der Waals surface area contributed by atoms with Gasteiger partial charge in [0, 0.05) is 6.04 Å². The lowest BCUT2D eigenvalue weighted by molar-refractivity contribution is 0.255. The van der Waals surface area contributed by atoms with E-state index in [1.54, 1.807) is 0 Å². The summed E-state index contributed by atoms with van der Waals surface area (Å²) in [5.74, 6) is 2.16. The van der Waals surface area contributed by atoms with Crippen LogP contribution in [-0.4, -0.2) is 13.1 Å². The lowest BCUT2D eigenvalue weighted by Gasteiger charge is -2.29. The Morgan fingerprint density at radius 2 is 1.67 bits per heavy atom. The molecule has 0 radical (unpaired) electrons. The minimum atomic E-state index is 0.836. The van der Waals surface area contributed by atoms with Gasteiger partial charge < -0.3 is 5.32 Å². The van der Waals surface area contributed by atoms with E-state index in [9.17, 15) is 0 Å². The molecular weight excluding hydrogens is 146 g/mol. The highest BCUT2D eigenvalue weighted by atomic mass is 14.9. The van der Waals surface area contributed by atoms with Crippen molar-refractivity contribution in [3.63, 3.8) is 0 Å². The van der Waals surface area contributed by atoms with E-state index in [0.29, 0.717) is 0 Å². The van der Waals surface area contributed by atoms with Crippen LogP contribution in [0.4, 0.5) is 0 Å². The van der Waals surface area contributed by atoms with Crippen LogP contribution >= 0.6 is 0 Å². The molecule has 0 bridgehead atoms. The van der Waals surface area contributed by atoms with Crippen LogP contribution in [0.2, 0.25) is 0 Å². The molecule has 1 atom stereocenters. The summed E-state index contributed by atoms with van der Waals surface area (Å²) in [6.45, 7) is 0. The molecule has 2 aliphatic rings. The second kappa shape index (κ2) is 3.78. The zero-order valence-electron chi connectivity index (χ0n) is 8.18. The van der Waals surface area contributed by atoms with E-state index in [0.717, 1.165) is 17.9 Å². The van der Waals surface area contributed by atoms with Crippen molar-refractivity contribution in [2.75, 3.05) is 7.05 Å². The zero-order valence-corrected chi connectivity index (χ0v) is 8.18. The molecule has 1 N–H and O–H groups in total. The lowest BCUT2D eigenvalue weighted by Crippen LogP contribution is -2.30. The number of hydrogen-bond donors (Lipinski definition) is 1. The molecule has 0 aromatic heterocycles. The number of hydrogen-bond acceptors (Lipinski definition) is 1. The van der Waals surface area contributed by atoms with Crippen LogP contribution < -0.4 is 5.32 Å². The van der Waals surface area contributed by atoms with Crippen molar-refractivity contribution in [3.05, 3.63) is 0 Å². The zero-order chi connectivity index (χ0) is 8.39. The summed E-state index contributed by atoms with van der Waals surface area (Å²) >= 11 is 0. The maximum atomic E-state index is 3.47. The SMILES string of the molecule is CNC(CC1CCC1)CC1CC1. The summed E-state index contributed by atoms with van der Waals surface area (Å²) in [6, 6.07) is 0.836. The van der Waals surface area contributed by atoms with Crippen LogP contribution in [0.1, 0.15) is 44.9 Å². The van der Waals surface area contributed by atoms with Crippen molar-refractivity contribution in [3.8, 4) is 0 Å². The molecule has 0 amide bonds. The fourth-order valence-corrected chi connectivity index (χ4v) is 2.22. The number of rotatable bonds is 5. The van der Waals surface area contributed by atoms with Crippen LogP contribution in [0, 0.1) is 11.8 Å². The maximum absolute atomic E-state index is 3.47. The van der Waals surface area contributed by atoms with Crippen molar-refractivity contribution in [1.29, 1.82) is 0 Å². The summed E-state index contributed by atoms with van der Waals surface area (Å²) in [4.78, 5) is 0. The van der Waals surface area contributed by atoms with E-state index in [2.05, 4.69) is 12.4 Å². The van der Waals surface area contributed by atoms with Gasteiger partial charge in [-0.2, -0.15) is 0 Å². The molecular formula is C11H21N. The van der Waals surface area contributed by atoms with Crippen molar-refractivity contribution in [2.24, 2.45) is 11.8 Å². The quantitative estimate of drug-likeness (QED) is 0.663. The molecule has 2 rings (SSSR count). The molecule has 1 nitrogen and oxygen atoms in total. The van der Waals surface area contributed by atoms with E-state index in [1.165, 1.54) is 44.9 Å². The fraction of sp³-hybridized carbons (Fsp3) is 1.00. The third-order valence-corrected chi connectivity index (χ3v) is 3.57. The standard InChI is InChI=1S/C11H21N/c1-12-11(8-10-5-6-10)7-9-3-2-4-9/h9-12H,2-8H2,1H3. The second-order valence-corrected chi connectivity index (χ2v) is 4.70. The van der Waals surface area contributed by atoms with Gasteiger partial charge in [-0.1, -0.05) is 32.1 Å². The third-order valence-electron chi connectivity index (χ3n) is 3.57. The topological polar surface area (TPSA) is 12.0 Å². The van der Waals surface area contributed by atoms with Crippen LogP contribution in [0.15, 0.2) is 0 Å². The molecule has 0 aromatic carbocycles. The Bertz CT molecular complexity index is 136. The summed E-state index contributed by atoms with van der Waals surface area (Å²) in [7, 11) is 2.13. The second-order valence-electron chi connectivity index (χ2n) is 4.70. The van der Waals surface area contributed by atoms with Gasteiger partial charge in [0.2, 0.25) is 0 Å². The largest absolute Gasteiger partial charge is 0.317 e. The number of nitrogens with one attached hydrogen (secondary N) is 1. The molecule has 0 aromatic rings. The molecule has 70 valence electrons. The van der Waals surface area contributed by atoms with Crippen molar-refractivity contribution >= 4 is 0 Å². The van der Waals surface area contributed by atoms with E-state index in [-0.39, 0.29) is 0 Å². The molecule has 1 unspecified atom stereocenters. The van der Waals surface area contributed by atoms with Gasteiger partial charge in [-0.05, 0) is 31.7 Å². The fourth-order valence-electron chi connectivity index (χ4n) is 2.22. The molecule has 2 aliphatic carbocycles. The molecule has 2 fully saturated rings. The van der Waals surface area contributed by atoms with Gasteiger partial charge in [0.05, 0.1) is 0 Å². The minimum Gasteiger partial charge on any atom is -0.317 e. The van der Waals surface area contributed by atoms with Crippen molar-refractivity contribution < 1.29 is 0 Å². The Balaban J connectivity index is 1.65. The van der Waals surface area contributed by atoms with Gasteiger partial charge in [0.1, 0.15) is 0 Å². The third kappa shape index (κ3) is 2.22. The summed E-state index contributed by atoms with van der Waals surface area (Å²) < 4.78 is 0. The van der Waals surface area contributed by atoms with Gasteiger partial charge in [0.25, 0.3) is 0 Å². The normalized spacial score (nSPS) is 26.8. The predicted molar refractivity (Wildman–Crippen MR) is 52.1 cm³/mol. The Morgan fingerprint density at radius 3 is 2.00 bits per heavy atom. The highest BCUT2D eigenvalue weighted by Crippen LogP contribution is 2.37. The van der Waals surface area contributed by atoms with Crippen molar-refractivity contribution in [1.82, 2.24) is 5.32 Å². The van der Waals surface area contributed by atoms with E-state index in [4.69, 9.17) is 0 Å². The van der Waals surface area contributed by atoms with Crippen LogP contribution in [0.25, 0.3) is 0 Å². The lowest BCUT2D eigenvalue weighted by atomic mass is 9.80. The van der Waals surface area contributed by atoms with E-state index >= 15 is 0 Å². The Hall–Kier alpha value is -0.0400. The first kappa shape index (κ1) is 8.55. The first-order valence-electron chi connectivity index (χ1n) is 5.55. The summed E-state index contributed by atoms with van der Waals surface area (Å²) in [5, 5.41) is 3.47. The monoisotopic (exact) mass is 167 g/mol.